The van der Waals surface area contributed by atoms with Crippen LogP contribution in [0.15, 0.2) is 24.3 Å². The van der Waals surface area contributed by atoms with Crippen LogP contribution in [0.2, 0.25) is 0 Å². The minimum atomic E-state index is -0.672. The van der Waals surface area contributed by atoms with Gasteiger partial charge in [0.15, 0.2) is 0 Å². The van der Waals surface area contributed by atoms with Crippen molar-refractivity contribution in [2.45, 2.75) is 19.4 Å². The van der Waals surface area contributed by atoms with Crippen LogP contribution in [0, 0.1) is 0 Å². The molecule has 0 unspecified atom stereocenters. The van der Waals surface area contributed by atoms with Crippen LogP contribution in [0.3, 0.4) is 0 Å². The lowest BCUT2D eigenvalue weighted by molar-refractivity contribution is 0.0411. The Morgan fingerprint density at radius 1 is 1.17 bits per heavy atom. The summed E-state index contributed by atoms with van der Waals surface area (Å²) in [6.45, 7) is 5.59. The van der Waals surface area contributed by atoms with Gasteiger partial charge >= 0.3 is 0 Å². The SMILES string of the molecule is COc1ccc(OCCN(C)CC(C)(C)O)cc1. The van der Waals surface area contributed by atoms with Crippen molar-refractivity contribution in [2.24, 2.45) is 0 Å². The number of nitrogens with zero attached hydrogens (tertiary/aromatic N) is 1. The lowest BCUT2D eigenvalue weighted by Crippen LogP contribution is -2.38. The number of hydrogen-bond donors (Lipinski definition) is 1. The van der Waals surface area contributed by atoms with Crippen LogP contribution in [0.5, 0.6) is 11.5 Å². The third-order valence-electron chi connectivity index (χ3n) is 2.46. The average Bonchev–Trinajstić information content (AvgIpc) is 2.27. The summed E-state index contributed by atoms with van der Waals surface area (Å²) in [6.07, 6.45) is 0. The van der Waals surface area contributed by atoms with Crippen LogP contribution in [0.4, 0.5) is 0 Å². The molecule has 0 aliphatic carbocycles. The number of hydrogen-bond acceptors (Lipinski definition) is 4. The Morgan fingerprint density at radius 2 is 1.72 bits per heavy atom. The minimum absolute atomic E-state index is 0.596. The molecule has 0 aliphatic heterocycles. The van der Waals surface area contributed by atoms with Gasteiger partial charge in [-0.3, -0.25) is 0 Å². The predicted molar refractivity (Wildman–Crippen MR) is 72.3 cm³/mol. The summed E-state index contributed by atoms with van der Waals surface area (Å²) in [4.78, 5) is 2.05. The Kier molecular flexibility index (Phi) is 5.44. The zero-order chi connectivity index (χ0) is 13.6. The Bertz CT molecular complexity index is 343. The second-order valence-electron chi connectivity index (χ2n) is 5.07. The molecule has 0 saturated heterocycles. The average molecular weight is 253 g/mol. The Hall–Kier alpha value is -1.26. The maximum atomic E-state index is 9.67. The van der Waals surface area contributed by atoms with Crippen LogP contribution in [0.25, 0.3) is 0 Å². The van der Waals surface area contributed by atoms with E-state index in [4.69, 9.17) is 9.47 Å². The van der Waals surface area contributed by atoms with E-state index in [-0.39, 0.29) is 0 Å². The number of ether oxygens (including phenoxy) is 2. The standard InChI is InChI=1S/C14H23NO3/c1-14(2,16)11-15(3)9-10-18-13-7-5-12(17-4)6-8-13/h5-8,16H,9-11H2,1-4H3. The molecule has 102 valence electrons. The van der Waals surface area contributed by atoms with E-state index in [1.54, 1.807) is 21.0 Å². The maximum Gasteiger partial charge on any atom is 0.119 e. The second kappa shape index (κ2) is 6.61. The van der Waals surface area contributed by atoms with Gasteiger partial charge in [-0.25, -0.2) is 0 Å². The zero-order valence-corrected chi connectivity index (χ0v) is 11.6. The highest BCUT2D eigenvalue weighted by Gasteiger charge is 2.15. The van der Waals surface area contributed by atoms with Crippen LogP contribution in [-0.2, 0) is 0 Å². The fourth-order valence-corrected chi connectivity index (χ4v) is 1.73. The largest absolute Gasteiger partial charge is 0.497 e. The first-order valence-electron chi connectivity index (χ1n) is 6.08. The van der Waals surface area contributed by atoms with E-state index in [2.05, 4.69) is 0 Å². The molecular formula is C14H23NO3. The zero-order valence-electron chi connectivity index (χ0n) is 11.6. The molecule has 4 heteroatoms. The molecule has 0 heterocycles. The van der Waals surface area contributed by atoms with Gasteiger partial charge in [0.2, 0.25) is 0 Å². The maximum absolute atomic E-state index is 9.67. The monoisotopic (exact) mass is 253 g/mol. The van der Waals surface area contributed by atoms with E-state index in [1.165, 1.54) is 0 Å². The number of benzene rings is 1. The smallest absolute Gasteiger partial charge is 0.119 e. The van der Waals surface area contributed by atoms with E-state index in [9.17, 15) is 5.11 Å². The molecule has 18 heavy (non-hydrogen) atoms. The van der Waals surface area contributed by atoms with E-state index >= 15 is 0 Å². The minimum Gasteiger partial charge on any atom is -0.497 e. The van der Waals surface area contributed by atoms with Gasteiger partial charge in [-0.2, -0.15) is 0 Å². The summed E-state index contributed by atoms with van der Waals surface area (Å²) in [6, 6.07) is 7.51. The molecule has 0 bridgehead atoms. The molecule has 0 fully saturated rings. The molecule has 0 radical (unpaired) electrons. The number of aliphatic hydroxyl groups is 1. The van der Waals surface area contributed by atoms with Crippen molar-refractivity contribution in [3.63, 3.8) is 0 Å². The Morgan fingerprint density at radius 3 is 2.22 bits per heavy atom. The van der Waals surface area contributed by atoms with Gasteiger partial charge in [0.25, 0.3) is 0 Å². The summed E-state index contributed by atoms with van der Waals surface area (Å²) >= 11 is 0. The molecule has 0 atom stereocenters. The van der Waals surface area contributed by atoms with E-state index in [1.807, 2.05) is 36.2 Å². The summed E-state index contributed by atoms with van der Waals surface area (Å²) in [5, 5.41) is 9.67. The highest BCUT2D eigenvalue weighted by Crippen LogP contribution is 2.16. The fraction of sp³-hybridized carbons (Fsp3) is 0.571. The van der Waals surface area contributed by atoms with Crippen LogP contribution in [-0.4, -0.2) is 49.5 Å². The summed E-state index contributed by atoms with van der Waals surface area (Å²) < 4.78 is 10.7. The number of rotatable bonds is 7. The van der Waals surface area contributed by atoms with Gasteiger partial charge in [0, 0.05) is 13.1 Å². The number of likely N-dealkylation sites (N-methyl/N-ethyl adjacent to an activating group) is 1. The Balaban J connectivity index is 2.28. The lowest BCUT2D eigenvalue weighted by atomic mass is 10.1. The number of methoxy groups -OCH3 is 1. The lowest BCUT2D eigenvalue weighted by Gasteiger charge is -2.25. The van der Waals surface area contributed by atoms with Crippen molar-refractivity contribution in [1.29, 1.82) is 0 Å². The highest BCUT2D eigenvalue weighted by atomic mass is 16.5. The van der Waals surface area contributed by atoms with E-state index in [0.29, 0.717) is 13.2 Å². The molecule has 1 aromatic carbocycles. The van der Waals surface area contributed by atoms with Gasteiger partial charge < -0.3 is 19.5 Å². The van der Waals surface area contributed by atoms with Crippen molar-refractivity contribution >= 4 is 0 Å². The molecular weight excluding hydrogens is 230 g/mol. The quantitative estimate of drug-likeness (QED) is 0.804. The van der Waals surface area contributed by atoms with Crippen molar-refractivity contribution < 1.29 is 14.6 Å². The molecule has 1 aromatic rings. The summed E-state index contributed by atoms with van der Waals surface area (Å²) in [7, 11) is 3.61. The van der Waals surface area contributed by atoms with Gasteiger partial charge in [-0.05, 0) is 45.2 Å². The van der Waals surface area contributed by atoms with Crippen molar-refractivity contribution in [2.75, 3.05) is 33.9 Å². The van der Waals surface area contributed by atoms with E-state index < -0.39 is 5.60 Å². The molecule has 0 aromatic heterocycles. The van der Waals surface area contributed by atoms with E-state index in [0.717, 1.165) is 18.0 Å². The van der Waals surface area contributed by atoms with Crippen LogP contribution in [0.1, 0.15) is 13.8 Å². The summed E-state index contributed by atoms with van der Waals surface area (Å²) in [5.74, 6) is 1.65. The molecule has 4 nitrogen and oxygen atoms in total. The summed E-state index contributed by atoms with van der Waals surface area (Å²) in [5.41, 5.74) is -0.672. The highest BCUT2D eigenvalue weighted by molar-refractivity contribution is 5.31. The van der Waals surface area contributed by atoms with Crippen LogP contribution < -0.4 is 9.47 Å². The van der Waals surface area contributed by atoms with Crippen molar-refractivity contribution in [3.8, 4) is 11.5 Å². The topological polar surface area (TPSA) is 41.9 Å². The van der Waals surface area contributed by atoms with Gasteiger partial charge in [0.1, 0.15) is 18.1 Å². The molecule has 0 spiro atoms. The molecule has 0 saturated carbocycles. The van der Waals surface area contributed by atoms with Gasteiger partial charge in [-0.15, -0.1) is 0 Å². The molecule has 0 amide bonds. The van der Waals surface area contributed by atoms with Gasteiger partial charge in [-0.1, -0.05) is 0 Å². The van der Waals surface area contributed by atoms with Crippen molar-refractivity contribution in [3.05, 3.63) is 24.3 Å². The third kappa shape index (κ3) is 5.89. The van der Waals surface area contributed by atoms with Crippen LogP contribution >= 0.6 is 0 Å². The molecule has 1 rings (SSSR count). The predicted octanol–water partition coefficient (Wildman–Crippen LogP) is 1.78. The van der Waals surface area contributed by atoms with Gasteiger partial charge in [0.05, 0.1) is 12.7 Å². The molecule has 0 aliphatic rings. The normalized spacial score (nSPS) is 11.7. The first kappa shape index (κ1) is 14.8. The first-order valence-corrected chi connectivity index (χ1v) is 6.08. The molecule has 1 N–H and O–H groups in total. The third-order valence-corrected chi connectivity index (χ3v) is 2.46. The first-order chi connectivity index (χ1) is 8.40. The van der Waals surface area contributed by atoms with Crippen molar-refractivity contribution in [1.82, 2.24) is 4.90 Å². The fourth-order valence-electron chi connectivity index (χ4n) is 1.73. The second-order valence-corrected chi connectivity index (χ2v) is 5.07. The Labute approximate surface area is 109 Å².